The Kier molecular flexibility index (Phi) is 6.40. The summed E-state index contributed by atoms with van der Waals surface area (Å²) < 4.78 is 0. The maximum atomic E-state index is 12.7. The van der Waals surface area contributed by atoms with Gasteiger partial charge in [-0.1, -0.05) is 35.6 Å². The van der Waals surface area contributed by atoms with Crippen LogP contribution in [0.5, 0.6) is 0 Å². The number of nitrogens with zero attached hydrogens (tertiary/aromatic N) is 3. The van der Waals surface area contributed by atoms with Crippen LogP contribution in [0.3, 0.4) is 0 Å². The topological polar surface area (TPSA) is 48.5 Å². The molecule has 1 aliphatic rings. The van der Waals surface area contributed by atoms with E-state index in [0.29, 0.717) is 5.13 Å². The van der Waals surface area contributed by atoms with Gasteiger partial charge in [-0.25, -0.2) is 4.98 Å². The van der Waals surface area contributed by atoms with Crippen molar-refractivity contribution >= 4 is 22.4 Å². The van der Waals surface area contributed by atoms with E-state index in [1.54, 1.807) is 11.3 Å². The molecule has 1 amide bonds. The molecule has 140 valence electrons. The van der Waals surface area contributed by atoms with Crippen LogP contribution in [0, 0.1) is 12.8 Å². The number of amides is 1. The molecule has 1 aromatic carbocycles. The van der Waals surface area contributed by atoms with Crippen LogP contribution in [0.2, 0.25) is 0 Å². The highest BCUT2D eigenvalue weighted by Crippen LogP contribution is 2.31. The Morgan fingerprint density at radius 2 is 2.19 bits per heavy atom. The monoisotopic (exact) mass is 372 g/mol. The van der Waals surface area contributed by atoms with Crippen molar-refractivity contribution in [3.63, 3.8) is 0 Å². The molecule has 6 heteroatoms. The molecule has 1 atom stereocenters. The van der Waals surface area contributed by atoms with E-state index < -0.39 is 0 Å². The van der Waals surface area contributed by atoms with E-state index in [2.05, 4.69) is 53.3 Å². The predicted molar refractivity (Wildman–Crippen MR) is 109 cm³/mol. The molecule has 2 aromatic rings. The van der Waals surface area contributed by atoms with E-state index in [1.807, 2.05) is 18.3 Å². The van der Waals surface area contributed by atoms with Gasteiger partial charge in [0.25, 0.3) is 0 Å². The van der Waals surface area contributed by atoms with Crippen molar-refractivity contribution in [1.82, 2.24) is 14.8 Å². The molecule has 0 saturated carbocycles. The number of hydrogen-bond acceptors (Lipinski definition) is 5. The number of piperidine rings is 1. The van der Waals surface area contributed by atoms with E-state index in [4.69, 9.17) is 0 Å². The van der Waals surface area contributed by atoms with Crippen LogP contribution >= 0.6 is 11.3 Å². The third kappa shape index (κ3) is 4.90. The number of benzene rings is 1. The Balaban J connectivity index is 1.59. The van der Waals surface area contributed by atoms with Gasteiger partial charge in [0.15, 0.2) is 5.13 Å². The highest BCUT2D eigenvalue weighted by Gasteiger charge is 2.26. The average molecular weight is 373 g/mol. The summed E-state index contributed by atoms with van der Waals surface area (Å²) in [5.41, 5.74) is 2.40. The van der Waals surface area contributed by atoms with Gasteiger partial charge in [0.05, 0.1) is 10.8 Å². The Bertz CT molecular complexity index is 743. The summed E-state index contributed by atoms with van der Waals surface area (Å²) in [6.07, 6.45) is 3.89. The molecule has 2 heterocycles. The summed E-state index contributed by atoms with van der Waals surface area (Å²) in [6.45, 7) is 6.08. The first kappa shape index (κ1) is 19.0. The molecule has 1 fully saturated rings. The van der Waals surface area contributed by atoms with E-state index >= 15 is 0 Å². The number of nitrogens with one attached hydrogen (secondary N) is 1. The smallest absolute Gasteiger partial charge is 0.230 e. The molecular formula is C20H28N4OS. The fourth-order valence-electron chi connectivity index (χ4n) is 3.33. The molecule has 26 heavy (non-hydrogen) atoms. The van der Waals surface area contributed by atoms with Crippen LogP contribution in [-0.4, -0.2) is 61.0 Å². The number of anilines is 1. The molecule has 1 aliphatic heterocycles. The Morgan fingerprint density at radius 3 is 2.96 bits per heavy atom. The molecule has 1 N–H and O–H groups in total. The molecule has 0 spiro atoms. The van der Waals surface area contributed by atoms with Crippen molar-refractivity contribution in [3.8, 4) is 10.4 Å². The Morgan fingerprint density at radius 1 is 1.38 bits per heavy atom. The first-order valence-electron chi connectivity index (χ1n) is 9.22. The Hall–Kier alpha value is -1.76. The Labute approximate surface area is 160 Å². The van der Waals surface area contributed by atoms with Crippen LogP contribution < -0.4 is 5.32 Å². The molecular weight excluding hydrogens is 344 g/mol. The highest BCUT2D eigenvalue weighted by molar-refractivity contribution is 7.19. The summed E-state index contributed by atoms with van der Waals surface area (Å²) >= 11 is 1.54. The first-order valence-corrected chi connectivity index (χ1v) is 10.0. The molecule has 1 saturated heterocycles. The van der Waals surface area contributed by atoms with Crippen molar-refractivity contribution < 1.29 is 4.79 Å². The van der Waals surface area contributed by atoms with Crippen molar-refractivity contribution in [2.45, 2.75) is 19.8 Å². The van der Waals surface area contributed by atoms with E-state index in [9.17, 15) is 4.79 Å². The molecule has 5 nitrogen and oxygen atoms in total. The van der Waals surface area contributed by atoms with E-state index in [0.717, 1.165) is 43.9 Å². The zero-order valence-corrected chi connectivity index (χ0v) is 16.7. The van der Waals surface area contributed by atoms with E-state index in [-0.39, 0.29) is 11.8 Å². The maximum Gasteiger partial charge on any atom is 0.230 e. The largest absolute Gasteiger partial charge is 0.308 e. The fraction of sp³-hybridized carbons (Fsp3) is 0.500. The number of aromatic nitrogens is 1. The maximum absolute atomic E-state index is 12.7. The second kappa shape index (κ2) is 8.75. The summed E-state index contributed by atoms with van der Waals surface area (Å²) in [7, 11) is 4.17. The first-order chi connectivity index (χ1) is 12.5. The van der Waals surface area contributed by atoms with Gasteiger partial charge in [-0.15, -0.1) is 0 Å². The molecule has 0 bridgehead atoms. The molecule has 0 aliphatic carbocycles. The van der Waals surface area contributed by atoms with Crippen LogP contribution in [0.25, 0.3) is 10.4 Å². The summed E-state index contributed by atoms with van der Waals surface area (Å²) in [4.78, 5) is 22.8. The fourth-order valence-corrected chi connectivity index (χ4v) is 4.24. The quantitative estimate of drug-likeness (QED) is 0.845. The summed E-state index contributed by atoms with van der Waals surface area (Å²) in [6, 6.07) is 8.26. The van der Waals surface area contributed by atoms with Crippen molar-refractivity contribution in [1.29, 1.82) is 0 Å². The highest BCUT2D eigenvalue weighted by atomic mass is 32.1. The number of hydrogen-bond donors (Lipinski definition) is 1. The van der Waals surface area contributed by atoms with Gasteiger partial charge in [-0.05, 0) is 51.5 Å². The lowest BCUT2D eigenvalue weighted by atomic mass is 9.97. The summed E-state index contributed by atoms with van der Waals surface area (Å²) in [5.74, 6) is 0.155. The van der Waals surface area contributed by atoms with Gasteiger partial charge in [0.1, 0.15) is 0 Å². The number of likely N-dealkylation sites (tertiary alicyclic amines) is 1. The normalized spacial score (nSPS) is 18.2. The summed E-state index contributed by atoms with van der Waals surface area (Å²) in [5, 5.41) is 3.73. The van der Waals surface area contributed by atoms with Crippen molar-refractivity contribution in [2.24, 2.45) is 5.92 Å². The van der Waals surface area contributed by atoms with Crippen LogP contribution in [0.1, 0.15) is 18.4 Å². The zero-order valence-electron chi connectivity index (χ0n) is 15.9. The minimum Gasteiger partial charge on any atom is -0.308 e. The van der Waals surface area contributed by atoms with Gasteiger partial charge in [0, 0.05) is 25.8 Å². The average Bonchev–Trinajstić information content (AvgIpc) is 3.09. The van der Waals surface area contributed by atoms with Gasteiger partial charge in [-0.3, -0.25) is 4.79 Å². The second-order valence-corrected chi connectivity index (χ2v) is 8.31. The number of thiazole rings is 1. The van der Waals surface area contributed by atoms with E-state index in [1.165, 1.54) is 11.1 Å². The number of carbonyl (C=O) groups is 1. The lowest BCUT2D eigenvalue weighted by Crippen LogP contribution is -2.43. The van der Waals surface area contributed by atoms with Crippen LogP contribution in [0.15, 0.2) is 30.5 Å². The molecule has 1 aromatic heterocycles. The number of rotatable bonds is 6. The van der Waals surface area contributed by atoms with Gasteiger partial charge in [-0.2, -0.15) is 0 Å². The molecule has 3 rings (SSSR count). The van der Waals surface area contributed by atoms with Crippen LogP contribution in [-0.2, 0) is 4.79 Å². The third-order valence-electron chi connectivity index (χ3n) is 4.89. The van der Waals surface area contributed by atoms with Gasteiger partial charge >= 0.3 is 0 Å². The standard InChI is InChI=1S/C20H28N4OS/c1-15-7-4-5-9-17(15)18-13-21-20(26-18)22-19(25)16-8-6-10-24(14-16)12-11-23(2)3/h4-5,7,9,13,16H,6,8,10-12,14H2,1-3H3,(H,21,22,25). The minimum atomic E-state index is 0.0525. The number of aryl methyl sites for hydroxylation is 1. The molecule has 0 radical (unpaired) electrons. The van der Waals surface area contributed by atoms with Crippen molar-refractivity contribution in [3.05, 3.63) is 36.0 Å². The lowest BCUT2D eigenvalue weighted by Gasteiger charge is -2.32. The lowest BCUT2D eigenvalue weighted by molar-refractivity contribution is -0.121. The second-order valence-electron chi connectivity index (χ2n) is 7.28. The van der Waals surface area contributed by atoms with Gasteiger partial charge < -0.3 is 15.1 Å². The van der Waals surface area contributed by atoms with Gasteiger partial charge in [0.2, 0.25) is 5.91 Å². The molecule has 1 unspecified atom stereocenters. The minimum absolute atomic E-state index is 0.0525. The van der Waals surface area contributed by atoms with Crippen molar-refractivity contribution in [2.75, 3.05) is 45.6 Å². The SMILES string of the molecule is Cc1ccccc1-c1cnc(NC(=O)C2CCCN(CCN(C)C)C2)s1. The predicted octanol–water partition coefficient (Wildman–Crippen LogP) is 3.33. The zero-order chi connectivity index (χ0) is 18.5. The van der Waals surface area contributed by atoms with Crippen LogP contribution in [0.4, 0.5) is 5.13 Å². The number of carbonyl (C=O) groups excluding carboxylic acids is 1. The third-order valence-corrected chi connectivity index (χ3v) is 5.83. The number of likely N-dealkylation sites (N-methyl/N-ethyl adjacent to an activating group) is 1.